The molecule has 0 atom stereocenters. The van der Waals surface area contributed by atoms with E-state index < -0.39 is 6.29 Å². The van der Waals surface area contributed by atoms with Gasteiger partial charge in [-0.2, -0.15) is 5.26 Å². The van der Waals surface area contributed by atoms with Crippen LogP contribution in [0.3, 0.4) is 0 Å². The van der Waals surface area contributed by atoms with Crippen molar-refractivity contribution in [1.29, 1.82) is 5.26 Å². The lowest BCUT2D eigenvalue weighted by atomic mass is 10.2. The van der Waals surface area contributed by atoms with Crippen molar-refractivity contribution >= 4 is 11.4 Å². The zero-order valence-electron chi connectivity index (χ0n) is 10.1. The van der Waals surface area contributed by atoms with Crippen LogP contribution in [-0.2, 0) is 0 Å². The number of halogens is 2. The minimum absolute atomic E-state index is 0.00803. The summed E-state index contributed by atoms with van der Waals surface area (Å²) in [4.78, 5) is 0. The first-order valence-corrected chi connectivity index (χ1v) is 5.73. The maximum Gasteiger partial charge on any atom is 0.586 e. The summed E-state index contributed by atoms with van der Waals surface area (Å²) in [5.41, 5.74) is 1.73. The summed E-state index contributed by atoms with van der Waals surface area (Å²) in [6.45, 7) is 0. The third-order valence-corrected chi connectivity index (χ3v) is 2.68. The van der Waals surface area contributed by atoms with E-state index in [2.05, 4.69) is 14.8 Å². The molecule has 0 radical (unpaired) electrons. The Kier molecular flexibility index (Phi) is 2.68. The van der Waals surface area contributed by atoms with Gasteiger partial charge < -0.3 is 14.8 Å². The zero-order chi connectivity index (χ0) is 14.2. The molecule has 1 N–H and O–H groups in total. The van der Waals surface area contributed by atoms with Crippen molar-refractivity contribution in [3.8, 4) is 17.6 Å². The molecule has 0 fully saturated rings. The minimum Gasteiger partial charge on any atom is -0.395 e. The van der Waals surface area contributed by atoms with Crippen molar-refractivity contribution in [2.45, 2.75) is 6.29 Å². The second-order valence-electron chi connectivity index (χ2n) is 4.15. The molecule has 0 unspecified atom stereocenters. The fraction of sp³-hybridized carbons (Fsp3) is 0.0714. The van der Waals surface area contributed by atoms with Crippen LogP contribution in [0, 0.1) is 11.3 Å². The average molecular weight is 274 g/mol. The Hall–Kier alpha value is -2.81. The summed E-state index contributed by atoms with van der Waals surface area (Å²) in [6.07, 6.45) is -3.62. The third kappa shape index (κ3) is 2.34. The van der Waals surface area contributed by atoms with E-state index >= 15 is 0 Å². The highest BCUT2D eigenvalue weighted by Gasteiger charge is 2.43. The molecule has 0 saturated carbocycles. The van der Waals surface area contributed by atoms with Gasteiger partial charge in [0.15, 0.2) is 11.5 Å². The van der Waals surface area contributed by atoms with Gasteiger partial charge in [0, 0.05) is 17.4 Å². The average Bonchev–Trinajstić information content (AvgIpc) is 2.72. The second kappa shape index (κ2) is 4.38. The quantitative estimate of drug-likeness (QED) is 0.908. The lowest BCUT2D eigenvalue weighted by Crippen LogP contribution is -2.25. The Morgan fingerprint density at radius 2 is 1.75 bits per heavy atom. The largest absolute Gasteiger partial charge is 0.586 e. The molecule has 0 bridgehead atoms. The molecule has 1 heterocycles. The molecule has 1 aliphatic rings. The SMILES string of the molecule is N#Cc1cccc(Nc2ccc3c(c2)OC(F)(F)O3)c1. The highest BCUT2D eigenvalue weighted by Crippen LogP contribution is 2.42. The van der Waals surface area contributed by atoms with Gasteiger partial charge in [0.2, 0.25) is 0 Å². The summed E-state index contributed by atoms with van der Waals surface area (Å²) < 4.78 is 34.5. The van der Waals surface area contributed by atoms with Crippen molar-refractivity contribution in [2.75, 3.05) is 5.32 Å². The Morgan fingerprint density at radius 3 is 2.55 bits per heavy atom. The van der Waals surface area contributed by atoms with Gasteiger partial charge in [0.25, 0.3) is 0 Å². The molecule has 1 aliphatic heterocycles. The van der Waals surface area contributed by atoms with E-state index in [0.717, 1.165) is 0 Å². The predicted octanol–water partition coefficient (Wildman–Crippen LogP) is 3.62. The molecule has 0 amide bonds. The normalized spacial score (nSPS) is 14.7. The number of fused-ring (bicyclic) bond motifs is 1. The smallest absolute Gasteiger partial charge is 0.395 e. The fourth-order valence-corrected chi connectivity index (χ4v) is 1.86. The number of benzene rings is 2. The Morgan fingerprint density at radius 1 is 1.00 bits per heavy atom. The fourth-order valence-electron chi connectivity index (χ4n) is 1.86. The molecular weight excluding hydrogens is 266 g/mol. The Labute approximate surface area is 113 Å². The number of alkyl halides is 2. The molecule has 0 aliphatic carbocycles. The van der Waals surface area contributed by atoms with Crippen LogP contribution in [0.5, 0.6) is 11.5 Å². The molecule has 0 saturated heterocycles. The van der Waals surface area contributed by atoms with Crippen molar-refractivity contribution in [1.82, 2.24) is 0 Å². The number of nitrogens with zero attached hydrogens (tertiary/aromatic N) is 1. The monoisotopic (exact) mass is 274 g/mol. The summed E-state index contributed by atoms with van der Waals surface area (Å²) in [5, 5.41) is 11.8. The van der Waals surface area contributed by atoms with Gasteiger partial charge in [-0.25, -0.2) is 0 Å². The van der Waals surface area contributed by atoms with E-state index in [-0.39, 0.29) is 11.5 Å². The highest BCUT2D eigenvalue weighted by molar-refractivity contribution is 5.65. The maximum absolute atomic E-state index is 12.9. The van der Waals surface area contributed by atoms with E-state index in [1.54, 1.807) is 30.3 Å². The molecule has 0 spiro atoms. The van der Waals surface area contributed by atoms with Crippen LogP contribution in [0.25, 0.3) is 0 Å². The number of hydrogen-bond donors (Lipinski definition) is 1. The van der Waals surface area contributed by atoms with Gasteiger partial charge in [0.05, 0.1) is 11.6 Å². The molecule has 4 nitrogen and oxygen atoms in total. The van der Waals surface area contributed by atoms with Gasteiger partial charge in [0.1, 0.15) is 0 Å². The number of hydrogen-bond acceptors (Lipinski definition) is 4. The molecule has 3 rings (SSSR count). The van der Waals surface area contributed by atoms with Crippen molar-refractivity contribution in [3.05, 3.63) is 48.0 Å². The van der Waals surface area contributed by atoms with Gasteiger partial charge in [-0.05, 0) is 30.3 Å². The van der Waals surface area contributed by atoms with E-state index in [1.807, 2.05) is 6.07 Å². The van der Waals surface area contributed by atoms with E-state index in [9.17, 15) is 8.78 Å². The summed E-state index contributed by atoms with van der Waals surface area (Å²) >= 11 is 0. The van der Waals surface area contributed by atoms with Gasteiger partial charge in [-0.3, -0.25) is 0 Å². The second-order valence-corrected chi connectivity index (χ2v) is 4.15. The lowest BCUT2D eigenvalue weighted by molar-refractivity contribution is -0.286. The van der Waals surface area contributed by atoms with Gasteiger partial charge >= 0.3 is 6.29 Å². The summed E-state index contributed by atoms with van der Waals surface area (Å²) in [5.74, 6) is -0.0391. The first-order chi connectivity index (χ1) is 9.55. The topological polar surface area (TPSA) is 54.3 Å². The van der Waals surface area contributed by atoms with E-state index in [4.69, 9.17) is 5.26 Å². The van der Waals surface area contributed by atoms with Gasteiger partial charge in [-0.15, -0.1) is 8.78 Å². The first kappa shape index (κ1) is 12.2. The number of rotatable bonds is 2. The van der Waals surface area contributed by atoms with Crippen LogP contribution in [0.2, 0.25) is 0 Å². The standard InChI is InChI=1S/C14H8F2N2O2/c15-14(16)19-12-5-4-11(7-13(12)20-14)18-10-3-1-2-9(6-10)8-17/h1-7,18H. The molecule has 20 heavy (non-hydrogen) atoms. The van der Waals surface area contributed by atoms with Crippen molar-refractivity contribution in [3.63, 3.8) is 0 Å². The first-order valence-electron chi connectivity index (χ1n) is 5.73. The molecule has 0 aromatic heterocycles. The van der Waals surface area contributed by atoms with Crippen LogP contribution in [0.15, 0.2) is 42.5 Å². The van der Waals surface area contributed by atoms with Crippen LogP contribution in [0.4, 0.5) is 20.2 Å². The number of nitriles is 1. The summed E-state index contributed by atoms with van der Waals surface area (Å²) in [7, 11) is 0. The van der Waals surface area contributed by atoms with Crippen LogP contribution in [-0.4, -0.2) is 6.29 Å². The molecule has 2 aromatic rings. The van der Waals surface area contributed by atoms with Crippen molar-refractivity contribution in [2.24, 2.45) is 0 Å². The number of nitrogens with one attached hydrogen (secondary N) is 1. The molecular formula is C14H8F2N2O2. The Balaban J connectivity index is 1.85. The maximum atomic E-state index is 12.9. The highest BCUT2D eigenvalue weighted by atomic mass is 19.3. The third-order valence-electron chi connectivity index (χ3n) is 2.68. The number of anilines is 2. The minimum atomic E-state index is -3.62. The van der Waals surface area contributed by atoms with Gasteiger partial charge in [-0.1, -0.05) is 6.07 Å². The predicted molar refractivity (Wildman–Crippen MR) is 67.1 cm³/mol. The zero-order valence-corrected chi connectivity index (χ0v) is 10.1. The van der Waals surface area contributed by atoms with Crippen LogP contribution in [0.1, 0.15) is 5.56 Å². The van der Waals surface area contributed by atoms with Crippen LogP contribution < -0.4 is 14.8 Å². The van der Waals surface area contributed by atoms with E-state index in [0.29, 0.717) is 16.9 Å². The summed E-state index contributed by atoms with van der Waals surface area (Å²) in [6, 6.07) is 13.2. The van der Waals surface area contributed by atoms with Crippen LogP contribution >= 0.6 is 0 Å². The Bertz CT molecular complexity index is 711. The van der Waals surface area contributed by atoms with E-state index in [1.165, 1.54) is 12.1 Å². The molecule has 6 heteroatoms. The molecule has 2 aromatic carbocycles. The lowest BCUT2D eigenvalue weighted by Gasteiger charge is -2.07. The number of ether oxygens (including phenoxy) is 2. The van der Waals surface area contributed by atoms with Crippen molar-refractivity contribution < 1.29 is 18.3 Å². The molecule has 100 valence electrons.